The first-order chi connectivity index (χ1) is 8.25. The lowest BCUT2D eigenvalue weighted by Gasteiger charge is -2.14. The summed E-state index contributed by atoms with van der Waals surface area (Å²) >= 11 is 0. The number of hydrogen-bond donors (Lipinski definition) is 0. The third-order valence-corrected chi connectivity index (χ3v) is 3.14. The monoisotopic (exact) mass is 233 g/mol. The Balaban J connectivity index is 1.76. The van der Waals surface area contributed by atoms with Gasteiger partial charge in [0.25, 0.3) is 0 Å². The maximum atomic E-state index is 11.1. The van der Waals surface area contributed by atoms with Gasteiger partial charge in [-0.2, -0.15) is 0 Å². The summed E-state index contributed by atoms with van der Waals surface area (Å²) in [5, 5.41) is 0. The largest absolute Gasteiger partial charge is 0.492 e. The summed E-state index contributed by atoms with van der Waals surface area (Å²) in [6.45, 7) is 5.69. The molecule has 0 aliphatic carbocycles. The van der Waals surface area contributed by atoms with Gasteiger partial charge in [0.2, 0.25) is 0 Å². The minimum Gasteiger partial charge on any atom is -0.492 e. The van der Waals surface area contributed by atoms with Crippen LogP contribution in [-0.2, 0) is 0 Å². The molecule has 0 amide bonds. The molecule has 1 aliphatic rings. The second-order valence-electron chi connectivity index (χ2n) is 4.48. The van der Waals surface area contributed by atoms with E-state index in [4.69, 9.17) is 4.74 Å². The van der Waals surface area contributed by atoms with Crippen molar-refractivity contribution in [3.8, 4) is 5.75 Å². The number of likely N-dealkylation sites (tertiary alicyclic amines) is 1. The SMILES string of the molecule is CC(=O)c1ccc(OCCN2CCCC2)cc1. The van der Waals surface area contributed by atoms with Crippen molar-refractivity contribution < 1.29 is 9.53 Å². The number of ether oxygens (including phenoxy) is 1. The Morgan fingerprint density at radius 2 is 1.88 bits per heavy atom. The van der Waals surface area contributed by atoms with Gasteiger partial charge in [-0.1, -0.05) is 0 Å². The second-order valence-corrected chi connectivity index (χ2v) is 4.48. The van der Waals surface area contributed by atoms with Gasteiger partial charge in [0.1, 0.15) is 12.4 Å². The van der Waals surface area contributed by atoms with Crippen LogP contribution in [0.25, 0.3) is 0 Å². The number of carbonyl (C=O) groups is 1. The fourth-order valence-electron chi connectivity index (χ4n) is 2.08. The first-order valence-corrected chi connectivity index (χ1v) is 6.22. The van der Waals surface area contributed by atoms with Gasteiger partial charge in [-0.3, -0.25) is 9.69 Å². The van der Waals surface area contributed by atoms with Gasteiger partial charge < -0.3 is 4.74 Å². The molecule has 2 rings (SSSR count). The van der Waals surface area contributed by atoms with E-state index >= 15 is 0 Å². The molecule has 0 saturated carbocycles. The summed E-state index contributed by atoms with van der Waals surface area (Å²) in [5.41, 5.74) is 0.733. The van der Waals surface area contributed by atoms with Gasteiger partial charge in [0.05, 0.1) is 0 Å². The summed E-state index contributed by atoms with van der Waals surface area (Å²) in [7, 11) is 0. The molecule has 1 aromatic carbocycles. The third kappa shape index (κ3) is 3.56. The third-order valence-electron chi connectivity index (χ3n) is 3.14. The van der Waals surface area contributed by atoms with Crippen LogP contribution < -0.4 is 4.74 Å². The molecule has 0 bridgehead atoms. The number of nitrogens with zero attached hydrogens (tertiary/aromatic N) is 1. The molecular formula is C14H19NO2. The van der Waals surface area contributed by atoms with Crippen LogP contribution in [0.15, 0.2) is 24.3 Å². The number of ketones is 1. The van der Waals surface area contributed by atoms with E-state index in [1.165, 1.54) is 25.9 Å². The Bertz CT molecular complexity index is 366. The predicted molar refractivity (Wildman–Crippen MR) is 67.6 cm³/mol. The van der Waals surface area contributed by atoms with Crippen LogP contribution >= 0.6 is 0 Å². The molecule has 0 unspecified atom stereocenters. The number of hydrogen-bond acceptors (Lipinski definition) is 3. The van der Waals surface area contributed by atoms with E-state index in [1.807, 2.05) is 24.3 Å². The fraction of sp³-hybridized carbons (Fsp3) is 0.500. The summed E-state index contributed by atoms with van der Waals surface area (Å²) in [4.78, 5) is 13.5. The highest BCUT2D eigenvalue weighted by atomic mass is 16.5. The van der Waals surface area contributed by atoms with Crippen molar-refractivity contribution in [1.29, 1.82) is 0 Å². The van der Waals surface area contributed by atoms with Crippen LogP contribution in [0.2, 0.25) is 0 Å². The maximum absolute atomic E-state index is 11.1. The van der Waals surface area contributed by atoms with Crippen molar-refractivity contribution in [2.75, 3.05) is 26.2 Å². The van der Waals surface area contributed by atoms with E-state index in [-0.39, 0.29) is 5.78 Å². The van der Waals surface area contributed by atoms with Crippen LogP contribution in [0.1, 0.15) is 30.1 Å². The summed E-state index contributed by atoms with van der Waals surface area (Å²) in [6.07, 6.45) is 2.63. The highest BCUT2D eigenvalue weighted by molar-refractivity contribution is 5.94. The lowest BCUT2D eigenvalue weighted by Crippen LogP contribution is -2.25. The minimum absolute atomic E-state index is 0.0913. The number of carbonyl (C=O) groups excluding carboxylic acids is 1. The predicted octanol–water partition coefficient (Wildman–Crippen LogP) is 2.36. The summed E-state index contributed by atoms with van der Waals surface area (Å²) < 4.78 is 5.65. The van der Waals surface area contributed by atoms with E-state index in [0.717, 1.165) is 24.5 Å². The average Bonchev–Trinajstić information content (AvgIpc) is 2.83. The number of benzene rings is 1. The zero-order valence-electron chi connectivity index (χ0n) is 10.3. The van der Waals surface area contributed by atoms with Crippen molar-refractivity contribution >= 4 is 5.78 Å². The average molecular weight is 233 g/mol. The highest BCUT2D eigenvalue weighted by Crippen LogP contribution is 2.13. The van der Waals surface area contributed by atoms with E-state index < -0.39 is 0 Å². The van der Waals surface area contributed by atoms with Gasteiger partial charge in [-0.15, -0.1) is 0 Å². The van der Waals surface area contributed by atoms with Crippen molar-refractivity contribution in [2.45, 2.75) is 19.8 Å². The molecule has 0 spiro atoms. The van der Waals surface area contributed by atoms with Crippen LogP contribution in [-0.4, -0.2) is 36.9 Å². The second kappa shape index (κ2) is 5.82. The Kier molecular flexibility index (Phi) is 4.15. The fourth-order valence-corrected chi connectivity index (χ4v) is 2.08. The number of rotatable bonds is 5. The molecule has 0 radical (unpaired) electrons. The normalized spacial score (nSPS) is 16.1. The molecule has 17 heavy (non-hydrogen) atoms. The molecule has 3 nitrogen and oxygen atoms in total. The van der Waals surface area contributed by atoms with Gasteiger partial charge >= 0.3 is 0 Å². The molecule has 3 heteroatoms. The number of Topliss-reactive ketones (excluding diaryl/α,β-unsaturated/α-hetero) is 1. The Morgan fingerprint density at radius 3 is 2.47 bits per heavy atom. The summed E-state index contributed by atoms with van der Waals surface area (Å²) in [5.74, 6) is 0.933. The molecule has 0 aromatic heterocycles. The Hall–Kier alpha value is -1.35. The topological polar surface area (TPSA) is 29.5 Å². The molecule has 92 valence electrons. The lowest BCUT2D eigenvalue weighted by molar-refractivity contribution is 0.101. The smallest absolute Gasteiger partial charge is 0.159 e. The lowest BCUT2D eigenvalue weighted by atomic mass is 10.1. The molecule has 1 heterocycles. The quantitative estimate of drug-likeness (QED) is 0.731. The summed E-state index contributed by atoms with van der Waals surface area (Å²) in [6, 6.07) is 7.35. The van der Waals surface area contributed by atoms with Gasteiger partial charge in [0, 0.05) is 12.1 Å². The van der Waals surface area contributed by atoms with E-state index in [1.54, 1.807) is 6.92 Å². The molecule has 1 aromatic rings. The Morgan fingerprint density at radius 1 is 1.24 bits per heavy atom. The molecule has 1 aliphatic heterocycles. The van der Waals surface area contributed by atoms with Gasteiger partial charge in [-0.25, -0.2) is 0 Å². The van der Waals surface area contributed by atoms with Crippen molar-refractivity contribution in [3.05, 3.63) is 29.8 Å². The van der Waals surface area contributed by atoms with Crippen molar-refractivity contribution in [1.82, 2.24) is 4.90 Å². The van der Waals surface area contributed by atoms with Crippen LogP contribution in [0, 0.1) is 0 Å². The van der Waals surface area contributed by atoms with E-state index in [0.29, 0.717) is 0 Å². The van der Waals surface area contributed by atoms with Gasteiger partial charge in [0.15, 0.2) is 5.78 Å². The standard InChI is InChI=1S/C14H19NO2/c1-12(16)13-4-6-14(7-5-13)17-11-10-15-8-2-3-9-15/h4-7H,2-3,8-11H2,1H3. The molecule has 0 atom stereocenters. The molecule has 1 saturated heterocycles. The van der Waals surface area contributed by atoms with Crippen LogP contribution in [0.5, 0.6) is 5.75 Å². The molecular weight excluding hydrogens is 214 g/mol. The zero-order valence-corrected chi connectivity index (χ0v) is 10.3. The van der Waals surface area contributed by atoms with Crippen LogP contribution in [0.3, 0.4) is 0 Å². The Labute approximate surface area is 102 Å². The van der Waals surface area contributed by atoms with E-state index in [9.17, 15) is 4.79 Å². The van der Waals surface area contributed by atoms with E-state index in [2.05, 4.69) is 4.90 Å². The first-order valence-electron chi connectivity index (χ1n) is 6.22. The van der Waals surface area contributed by atoms with Gasteiger partial charge in [-0.05, 0) is 57.1 Å². The molecule has 0 N–H and O–H groups in total. The maximum Gasteiger partial charge on any atom is 0.159 e. The van der Waals surface area contributed by atoms with Crippen molar-refractivity contribution in [2.24, 2.45) is 0 Å². The van der Waals surface area contributed by atoms with Crippen molar-refractivity contribution in [3.63, 3.8) is 0 Å². The minimum atomic E-state index is 0.0913. The first kappa shape index (κ1) is 12.1. The zero-order chi connectivity index (χ0) is 12.1. The van der Waals surface area contributed by atoms with Crippen LogP contribution in [0.4, 0.5) is 0 Å². The highest BCUT2D eigenvalue weighted by Gasteiger charge is 2.10. The molecule has 1 fully saturated rings.